The van der Waals surface area contributed by atoms with Gasteiger partial charge in [-0.25, -0.2) is 19.5 Å². The fourth-order valence-corrected chi connectivity index (χ4v) is 3.57. The van der Waals surface area contributed by atoms with E-state index in [1.165, 1.54) is 36.2 Å². The third kappa shape index (κ3) is 5.68. The number of Topliss-reactive ketones (excluding diaryl/α,β-unsaturated/α-hetero) is 1. The van der Waals surface area contributed by atoms with Gasteiger partial charge < -0.3 is 5.32 Å². The fraction of sp³-hybridized carbons (Fsp3) is 0.115. The van der Waals surface area contributed by atoms with Crippen molar-refractivity contribution in [3.8, 4) is 17.1 Å². The number of nitrogens with one attached hydrogen (secondary N) is 2. The molecule has 0 spiro atoms. The molecule has 0 saturated carbocycles. The second-order valence-electron chi connectivity index (χ2n) is 7.74. The highest BCUT2D eigenvalue weighted by Gasteiger charge is 2.29. The van der Waals surface area contributed by atoms with E-state index in [1.807, 2.05) is 11.5 Å². The molecule has 0 aliphatic heterocycles. The van der Waals surface area contributed by atoms with Gasteiger partial charge in [0.05, 0.1) is 18.4 Å². The number of carbonyl (C=O) groups is 3. The number of benzene rings is 2. The van der Waals surface area contributed by atoms with Crippen LogP contribution >= 0.6 is 0 Å². The maximum absolute atomic E-state index is 13.3. The van der Waals surface area contributed by atoms with Gasteiger partial charge in [0.2, 0.25) is 5.78 Å². The third-order valence-corrected chi connectivity index (χ3v) is 5.30. The minimum atomic E-state index is -1.16. The Morgan fingerprint density at radius 1 is 1.00 bits per heavy atom. The van der Waals surface area contributed by atoms with Crippen LogP contribution in [-0.2, 0) is 20.8 Å². The van der Waals surface area contributed by atoms with Crippen LogP contribution in [0.5, 0.6) is 0 Å². The Labute approximate surface area is 205 Å². The van der Waals surface area contributed by atoms with Gasteiger partial charge in [-0.3, -0.25) is 19.2 Å². The molecule has 182 valence electrons. The Kier molecular flexibility index (Phi) is 7.57. The first-order valence-electron chi connectivity index (χ1n) is 10.9. The van der Waals surface area contributed by atoms with E-state index in [4.69, 9.17) is 0 Å². The molecule has 0 bridgehead atoms. The van der Waals surface area contributed by atoms with Gasteiger partial charge in [-0.2, -0.15) is 5.10 Å². The van der Waals surface area contributed by atoms with E-state index in [0.29, 0.717) is 11.3 Å². The Balaban J connectivity index is 1.61. The molecular formula is C26H22FN5O4. The quantitative estimate of drug-likeness (QED) is 0.277. The summed E-state index contributed by atoms with van der Waals surface area (Å²) in [7, 11) is 1.21. The molecule has 1 atom stereocenters. The van der Waals surface area contributed by atoms with E-state index < -0.39 is 23.6 Å². The maximum Gasteiger partial charge on any atom is 0.313 e. The smallest absolute Gasteiger partial charge is 0.313 e. The predicted octanol–water partition coefficient (Wildman–Crippen LogP) is 2.66. The second kappa shape index (κ2) is 11.2. The maximum atomic E-state index is 13.3. The van der Waals surface area contributed by atoms with E-state index >= 15 is 0 Å². The van der Waals surface area contributed by atoms with Crippen molar-refractivity contribution >= 4 is 17.6 Å². The van der Waals surface area contributed by atoms with Crippen LogP contribution in [0.2, 0.25) is 0 Å². The molecule has 9 nitrogen and oxygen atoms in total. The zero-order valence-electron chi connectivity index (χ0n) is 19.2. The van der Waals surface area contributed by atoms with Crippen LogP contribution in [0.1, 0.15) is 15.9 Å². The predicted molar refractivity (Wildman–Crippen MR) is 128 cm³/mol. The lowest BCUT2D eigenvalue weighted by Gasteiger charge is -2.18. The van der Waals surface area contributed by atoms with Crippen molar-refractivity contribution in [3.63, 3.8) is 0 Å². The number of amides is 2. The number of halogens is 1. The monoisotopic (exact) mass is 487 g/mol. The van der Waals surface area contributed by atoms with E-state index in [2.05, 4.69) is 20.2 Å². The molecule has 4 aromatic rings. The Morgan fingerprint density at radius 2 is 1.75 bits per heavy atom. The first-order chi connectivity index (χ1) is 17.5. The summed E-state index contributed by atoms with van der Waals surface area (Å²) < 4.78 is 14.7. The van der Waals surface area contributed by atoms with Crippen molar-refractivity contribution in [2.24, 2.45) is 0 Å². The minimum Gasteiger partial charge on any atom is -0.341 e. The van der Waals surface area contributed by atoms with Crippen molar-refractivity contribution in [1.29, 1.82) is 0 Å². The van der Waals surface area contributed by atoms with Crippen LogP contribution in [0.3, 0.4) is 0 Å². The SMILES string of the molecule is CONC(=O)C(=O)C(Cc1ccccc1)NC(=O)c1cccnc1-n1ccc(-c2ccc(F)cc2)n1. The summed E-state index contributed by atoms with van der Waals surface area (Å²) in [6.45, 7) is 0. The van der Waals surface area contributed by atoms with E-state index in [1.54, 1.807) is 54.7 Å². The van der Waals surface area contributed by atoms with Crippen molar-refractivity contribution in [2.45, 2.75) is 12.5 Å². The van der Waals surface area contributed by atoms with Crippen molar-refractivity contribution in [3.05, 3.63) is 102 Å². The lowest BCUT2D eigenvalue weighted by atomic mass is 10.0. The molecule has 1 unspecified atom stereocenters. The number of ketones is 1. The highest BCUT2D eigenvalue weighted by molar-refractivity contribution is 6.38. The van der Waals surface area contributed by atoms with Crippen LogP contribution in [0.25, 0.3) is 17.1 Å². The molecule has 36 heavy (non-hydrogen) atoms. The Morgan fingerprint density at radius 3 is 2.47 bits per heavy atom. The molecule has 0 radical (unpaired) electrons. The van der Waals surface area contributed by atoms with Gasteiger partial charge in [-0.1, -0.05) is 30.3 Å². The molecular weight excluding hydrogens is 465 g/mol. The molecule has 2 N–H and O–H groups in total. The number of pyridine rings is 1. The van der Waals surface area contributed by atoms with Crippen LogP contribution < -0.4 is 10.8 Å². The van der Waals surface area contributed by atoms with Gasteiger partial charge in [-0.15, -0.1) is 0 Å². The summed E-state index contributed by atoms with van der Waals surface area (Å²) in [6.07, 6.45) is 3.22. The van der Waals surface area contributed by atoms with Crippen LogP contribution in [-0.4, -0.2) is 45.5 Å². The van der Waals surface area contributed by atoms with Crippen LogP contribution in [0.4, 0.5) is 4.39 Å². The number of carbonyl (C=O) groups excluding carboxylic acids is 3. The van der Waals surface area contributed by atoms with E-state index in [-0.39, 0.29) is 23.6 Å². The van der Waals surface area contributed by atoms with Gasteiger partial charge in [0.15, 0.2) is 5.82 Å². The van der Waals surface area contributed by atoms with Gasteiger partial charge in [0.25, 0.3) is 5.91 Å². The van der Waals surface area contributed by atoms with E-state index in [0.717, 1.165) is 5.56 Å². The topological polar surface area (TPSA) is 115 Å². The van der Waals surface area contributed by atoms with Gasteiger partial charge in [0.1, 0.15) is 11.9 Å². The average molecular weight is 487 g/mol. The average Bonchev–Trinajstić information content (AvgIpc) is 3.39. The number of nitrogens with zero attached hydrogens (tertiary/aromatic N) is 3. The third-order valence-electron chi connectivity index (χ3n) is 5.30. The molecule has 0 aliphatic carbocycles. The Bertz CT molecular complexity index is 1370. The number of hydrogen-bond acceptors (Lipinski definition) is 6. The van der Waals surface area contributed by atoms with Crippen LogP contribution in [0.15, 0.2) is 85.2 Å². The van der Waals surface area contributed by atoms with Gasteiger partial charge in [-0.05, 0) is 48.0 Å². The largest absolute Gasteiger partial charge is 0.341 e. The number of hydrogen-bond donors (Lipinski definition) is 2. The van der Waals surface area contributed by atoms with Crippen LogP contribution in [0, 0.1) is 5.82 Å². The molecule has 2 heterocycles. The standard InChI is InChI=1S/C26H22FN5O4/c1-36-31-26(35)23(33)22(16-17-6-3-2-4-7-17)29-25(34)20-8-5-14-28-24(20)32-15-13-21(30-32)18-9-11-19(27)12-10-18/h2-15,22H,16H2,1H3,(H,29,34)(H,31,35). The minimum absolute atomic E-state index is 0.0919. The first-order valence-corrected chi connectivity index (χ1v) is 10.9. The molecule has 2 amide bonds. The molecule has 0 fully saturated rings. The van der Waals surface area contributed by atoms with Crippen molar-refractivity contribution in [2.75, 3.05) is 7.11 Å². The number of hydroxylamine groups is 1. The zero-order chi connectivity index (χ0) is 25.5. The molecule has 2 aromatic heterocycles. The molecule has 10 heteroatoms. The highest BCUT2D eigenvalue weighted by Crippen LogP contribution is 2.20. The lowest BCUT2D eigenvalue weighted by Crippen LogP contribution is -2.48. The zero-order valence-corrected chi connectivity index (χ0v) is 19.2. The second-order valence-corrected chi connectivity index (χ2v) is 7.74. The number of aromatic nitrogens is 3. The van der Waals surface area contributed by atoms with Gasteiger partial charge in [0, 0.05) is 24.4 Å². The summed E-state index contributed by atoms with van der Waals surface area (Å²) in [5.41, 5.74) is 4.14. The summed E-state index contributed by atoms with van der Waals surface area (Å²) in [4.78, 5) is 47.1. The summed E-state index contributed by atoms with van der Waals surface area (Å²) in [5.74, 6) is -2.61. The van der Waals surface area contributed by atoms with Crippen molar-refractivity contribution in [1.82, 2.24) is 25.6 Å². The highest BCUT2D eigenvalue weighted by atomic mass is 19.1. The first kappa shape index (κ1) is 24.4. The Hall–Kier alpha value is -4.70. The normalized spacial score (nSPS) is 11.5. The summed E-state index contributed by atoms with van der Waals surface area (Å²) in [5, 5.41) is 7.11. The van der Waals surface area contributed by atoms with Crippen molar-refractivity contribution < 1.29 is 23.6 Å². The summed E-state index contributed by atoms with van der Waals surface area (Å²) >= 11 is 0. The lowest BCUT2D eigenvalue weighted by molar-refractivity contribution is -0.145. The molecule has 0 saturated heterocycles. The molecule has 2 aromatic carbocycles. The molecule has 0 aliphatic rings. The molecule has 4 rings (SSSR count). The fourth-order valence-electron chi connectivity index (χ4n) is 3.57. The summed E-state index contributed by atoms with van der Waals surface area (Å²) in [6, 6.07) is 18.5. The van der Waals surface area contributed by atoms with E-state index in [9.17, 15) is 18.8 Å². The number of rotatable bonds is 9. The van der Waals surface area contributed by atoms with Gasteiger partial charge >= 0.3 is 5.91 Å².